The highest BCUT2D eigenvalue weighted by atomic mass is 35.5. The predicted molar refractivity (Wildman–Crippen MR) is 99.7 cm³/mol. The number of rotatable bonds is 3. The summed E-state index contributed by atoms with van der Waals surface area (Å²) in [5.41, 5.74) is 3.53. The molecule has 0 spiro atoms. The number of nitrogens with one attached hydrogen (secondary N) is 1. The fourth-order valence-corrected chi connectivity index (χ4v) is 2.94. The molecule has 0 atom stereocenters. The van der Waals surface area contributed by atoms with Crippen molar-refractivity contribution in [2.24, 2.45) is 4.99 Å². The smallest absolute Gasteiger partial charge is 0.329 e. The molecule has 0 saturated heterocycles. The molecule has 0 aliphatic carbocycles. The lowest BCUT2D eigenvalue weighted by Gasteiger charge is -2.04. The number of nitrogens with zero attached hydrogens (tertiary/aromatic N) is 2. The highest BCUT2D eigenvalue weighted by Crippen LogP contribution is 2.32. The van der Waals surface area contributed by atoms with Crippen molar-refractivity contribution in [2.45, 2.75) is 6.54 Å². The number of halogens is 1. The Morgan fingerprint density at radius 2 is 1.92 bits per heavy atom. The third kappa shape index (κ3) is 2.90. The maximum Gasteiger partial charge on any atom is 0.329 e. The molecular weight excluding hydrogens is 338 g/mol. The minimum Gasteiger partial charge on any atom is -0.493 e. The van der Waals surface area contributed by atoms with Gasteiger partial charge in [0, 0.05) is 22.4 Å². The van der Waals surface area contributed by atoms with Crippen LogP contribution >= 0.6 is 11.6 Å². The molecule has 4 rings (SSSR count). The molecule has 0 bridgehead atoms. The average Bonchev–Trinajstić information content (AvgIpc) is 3.14. The van der Waals surface area contributed by atoms with Crippen LogP contribution in [0.3, 0.4) is 0 Å². The fourth-order valence-electron chi connectivity index (χ4n) is 2.81. The van der Waals surface area contributed by atoms with Gasteiger partial charge in [-0.05, 0) is 29.8 Å². The summed E-state index contributed by atoms with van der Waals surface area (Å²) in [5, 5.41) is 11.1. The second kappa shape index (κ2) is 6.11. The summed E-state index contributed by atoms with van der Waals surface area (Å²) >= 11 is 5.87. The van der Waals surface area contributed by atoms with Gasteiger partial charge in [0.1, 0.15) is 5.69 Å². The summed E-state index contributed by atoms with van der Waals surface area (Å²) in [5.74, 6) is -0.106. The second-order valence-corrected chi connectivity index (χ2v) is 6.19. The molecule has 1 aliphatic heterocycles. The van der Waals surface area contributed by atoms with Crippen LogP contribution in [-0.2, 0) is 6.54 Å². The summed E-state index contributed by atoms with van der Waals surface area (Å²) < 4.78 is 1.29. The number of hydrogen-bond donors (Lipinski definition) is 2. The third-order valence-corrected chi connectivity index (χ3v) is 4.35. The van der Waals surface area contributed by atoms with Crippen LogP contribution in [0.25, 0.3) is 11.6 Å². The molecule has 1 aromatic heterocycles. The lowest BCUT2D eigenvalue weighted by atomic mass is 10.1. The molecule has 0 amide bonds. The standard InChI is InChI=1S/C19H14ClN3O2/c20-14-7-5-12(6-8-14)11-23-18(24)17(22-19(23)25)9-13-10-21-16-4-2-1-3-15(13)16/h1-10,24H,11H2,(H,22,25)/b13-9-. The van der Waals surface area contributed by atoms with E-state index in [1.807, 2.05) is 36.4 Å². The third-order valence-electron chi connectivity index (χ3n) is 4.09. The Morgan fingerprint density at radius 1 is 1.16 bits per heavy atom. The molecule has 0 fully saturated rings. The molecule has 5 nitrogen and oxygen atoms in total. The SMILES string of the molecule is O=c1[nH]c(/C=C2/C=Nc3ccccc32)c(O)n1Cc1ccc(Cl)cc1. The van der Waals surface area contributed by atoms with E-state index in [-0.39, 0.29) is 18.1 Å². The van der Waals surface area contributed by atoms with Crippen molar-refractivity contribution in [3.63, 3.8) is 0 Å². The summed E-state index contributed by atoms with van der Waals surface area (Å²) in [7, 11) is 0. The van der Waals surface area contributed by atoms with Crippen molar-refractivity contribution < 1.29 is 5.11 Å². The van der Waals surface area contributed by atoms with Crippen molar-refractivity contribution in [3.8, 4) is 5.88 Å². The Kier molecular flexibility index (Phi) is 3.78. The zero-order valence-corrected chi connectivity index (χ0v) is 13.9. The normalized spacial score (nSPS) is 14.2. The number of benzene rings is 2. The van der Waals surface area contributed by atoms with Gasteiger partial charge >= 0.3 is 5.69 Å². The summed E-state index contributed by atoms with van der Waals surface area (Å²) in [6.45, 7) is 0.256. The van der Waals surface area contributed by atoms with Crippen LogP contribution in [0, 0.1) is 0 Å². The summed E-state index contributed by atoms with van der Waals surface area (Å²) in [4.78, 5) is 19.2. The lowest BCUT2D eigenvalue weighted by Crippen LogP contribution is -2.17. The van der Waals surface area contributed by atoms with Gasteiger partial charge in [0.05, 0.1) is 12.2 Å². The number of para-hydroxylation sites is 1. The quantitative estimate of drug-likeness (QED) is 0.752. The van der Waals surface area contributed by atoms with Crippen molar-refractivity contribution in [3.05, 3.63) is 80.9 Å². The molecule has 1 aliphatic rings. The Labute approximate surface area is 148 Å². The van der Waals surface area contributed by atoms with Crippen LogP contribution in [0.1, 0.15) is 16.8 Å². The van der Waals surface area contributed by atoms with Gasteiger partial charge in [-0.15, -0.1) is 0 Å². The molecule has 2 aromatic carbocycles. The second-order valence-electron chi connectivity index (χ2n) is 5.76. The van der Waals surface area contributed by atoms with Gasteiger partial charge in [-0.3, -0.25) is 9.56 Å². The molecule has 124 valence electrons. The molecular formula is C19H14ClN3O2. The number of fused-ring (bicyclic) bond motifs is 1. The maximum absolute atomic E-state index is 12.2. The van der Waals surface area contributed by atoms with E-state index in [9.17, 15) is 9.90 Å². The summed E-state index contributed by atoms with van der Waals surface area (Å²) in [6.07, 6.45) is 3.45. The Balaban J connectivity index is 1.69. The van der Waals surface area contributed by atoms with Crippen molar-refractivity contribution >= 4 is 35.2 Å². The van der Waals surface area contributed by atoms with Gasteiger partial charge in [-0.1, -0.05) is 41.9 Å². The zero-order chi connectivity index (χ0) is 17.4. The first-order valence-corrected chi connectivity index (χ1v) is 8.11. The van der Waals surface area contributed by atoms with E-state index in [0.717, 1.165) is 22.4 Å². The molecule has 2 N–H and O–H groups in total. The van der Waals surface area contributed by atoms with Crippen molar-refractivity contribution in [1.82, 2.24) is 9.55 Å². The number of aromatic hydroxyl groups is 1. The number of hydrogen-bond acceptors (Lipinski definition) is 3. The van der Waals surface area contributed by atoms with Crippen LogP contribution in [0.2, 0.25) is 5.02 Å². The van der Waals surface area contributed by atoms with Gasteiger partial charge in [0.15, 0.2) is 0 Å². The van der Waals surface area contributed by atoms with Crippen molar-refractivity contribution in [2.75, 3.05) is 0 Å². The van der Waals surface area contributed by atoms with E-state index >= 15 is 0 Å². The van der Waals surface area contributed by atoms with Crippen LogP contribution in [0.5, 0.6) is 5.88 Å². The topological polar surface area (TPSA) is 70.4 Å². The largest absolute Gasteiger partial charge is 0.493 e. The van der Waals surface area contributed by atoms with E-state index < -0.39 is 0 Å². The number of allylic oxidation sites excluding steroid dienone is 1. The minimum atomic E-state index is -0.373. The van der Waals surface area contributed by atoms with E-state index in [2.05, 4.69) is 9.98 Å². The van der Waals surface area contributed by atoms with Gasteiger partial charge in [0.25, 0.3) is 0 Å². The highest BCUT2D eigenvalue weighted by Gasteiger charge is 2.16. The number of aromatic nitrogens is 2. The Bertz CT molecular complexity index is 1060. The van der Waals surface area contributed by atoms with E-state index in [1.165, 1.54) is 4.57 Å². The molecule has 0 saturated carbocycles. The van der Waals surface area contributed by atoms with Gasteiger partial charge < -0.3 is 10.1 Å². The fraction of sp³-hybridized carbons (Fsp3) is 0.0526. The molecule has 25 heavy (non-hydrogen) atoms. The molecule has 6 heteroatoms. The van der Waals surface area contributed by atoms with Crippen LogP contribution in [0.15, 0.2) is 58.3 Å². The number of aromatic amines is 1. The Hall–Kier alpha value is -3.05. The van der Waals surface area contributed by atoms with Gasteiger partial charge in [0.2, 0.25) is 5.88 Å². The van der Waals surface area contributed by atoms with Crippen LogP contribution in [-0.4, -0.2) is 20.9 Å². The van der Waals surface area contributed by atoms with Gasteiger partial charge in [-0.25, -0.2) is 4.79 Å². The first kappa shape index (κ1) is 15.5. The van der Waals surface area contributed by atoms with Crippen LogP contribution < -0.4 is 5.69 Å². The molecule has 3 aromatic rings. The molecule has 2 heterocycles. The predicted octanol–water partition coefficient (Wildman–Crippen LogP) is 3.84. The number of H-pyrrole nitrogens is 1. The monoisotopic (exact) mass is 351 g/mol. The van der Waals surface area contributed by atoms with Crippen molar-refractivity contribution in [1.29, 1.82) is 0 Å². The molecule has 0 unspecified atom stereocenters. The van der Waals surface area contributed by atoms with Crippen LogP contribution in [0.4, 0.5) is 5.69 Å². The molecule has 0 radical (unpaired) electrons. The van der Waals surface area contributed by atoms with Gasteiger partial charge in [-0.2, -0.15) is 0 Å². The van der Waals surface area contributed by atoms with E-state index in [0.29, 0.717) is 10.7 Å². The average molecular weight is 352 g/mol. The van der Waals surface area contributed by atoms with E-state index in [4.69, 9.17) is 11.6 Å². The lowest BCUT2D eigenvalue weighted by molar-refractivity contribution is 0.420. The minimum absolute atomic E-state index is 0.106. The Morgan fingerprint density at radius 3 is 2.72 bits per heavy atom. The first-order chi connectivity index (χ1) is 12.1. The zero-order valence-electron chi connectivity index (χ0n) is 13.1. The first-order valence-electron chi connectivity index (χ1n) is 7.73. The maximum atomic E-state index is 12.2. The summed E-state index contributed by atoms with van der Waals surface area (Å²) in [6, 6.07) is 14.9. The highest BCUT2D eigenvalue weighted by molar-refractivity contribution is 6.30. The van der Waals surface area contributed by atoms with E-state index in [1.54, 1.807) is 24.4 Å². The number of imidazole rings is 1. The number of aliphatic imine (C=N–C) groups is 1.